The third kappa shape index (κ3) is 3.78. The number of halogens is 2. The fourth-order valence-corrected chi connectivity index (χ4v) is 2.25. The molecule has 0 atom stereocenters. The van der Waals surface area contributed by atoms with E-state index in [9.17, 15) is 9.18 Å². The lowest BCUT2D eigenvalue weighted by molar-refractivity contribution is 0.102. The second kappa shape index (κ2) is 7.23. The Kier molecular flexibility index (Phi) is 4.86. The quantitative estimate of drug-likeness (QED) is 0.684. The number of hydrogen-bond donors (Lipinski definition) is 1. The molecule has 0 spiro atoms. The van der Waals surface area contributed by atoms with Gasteiger partial charge in [-0.3, -0.25) is 4.79 Å². The minimum atomic E-state index is -0.589. The van der Waals surface area contributed by atoms with Crippen molar-refractivity contribution in [3.8, 4) is 11.5 Å². The molecule has 0 radical (unpaired) electrons. The van der Waals surface area contributed by atoms with Gasteiger partial charge in [-0.25, -0.2) is 9.37 Å². The van der Waals surface area contributed by atoms with E-state index in [1.54, 1.807) is 36.4 Å². The number of nitrogens with one attached hydrogen (secondary N) is 1. The van der Waals surface area contributed by atoms with Crippen molar-refractivity contribution in [3.05, 3.63) is 82.8 Å². The van der Waals surface area contributed by atoms with Crippen molar-refractivity contribution < 1.29 is 13.9 Å². The van der Waals surface area contributed by atoms with Crippen LogP contribution in [0.4, 0.5) is 10.1 Å². The van der Waals surface area contributed by atoms with Gasteiger partial charge >= 0.3 is 0 Å². The number of rotatable bonds is 4. The van der Waals surface area contributed by atoms with E-state index in [0.717, 1.165) is 4.47 Å². The zero-order chi connectivity index (χ0) is 16.9. The maximum atomic E-state index is 14.2. The summed E-state index contributed by atoms with van der Waals surface area (Å²) in [5.74, 6) is -0.355. The second-order valence-electron chi connectivity index (χ2n) is 4.84. The van der Waals surface area contributed by atoms with Crippen molar-refractivity contribution in [3.63, 3.8) is 0 Å². The van der Waals surface area contributed by atoms with Crippen LogP contribution in [-0.4, -0.2) is 10.9 Å². The average molecular weight is 387 g/mol. The molecule has 3 aromatic rings. The summed E-state index contributed by atoms with van der Waals surface area (Å²) in [6, 6.07) is 16.5. The van der Waals surface area contributed by atoms with Crippen LogP contribution in [0.15, 0.2) is 71.3 Å². The van der Waals surface area contributed by atoms with E-state index in [1.165, 1.54) is 24.4 Å². The lowest BCUT2D eigenvalue weighted by Crippen LogP contribution is -2.15. The van der Waals surface area contributed by atoms with Crippen molar-refractivity contribution in [2.45, 2.75) is 0 Å². The lowest BCUT2D eigenvalue weighted by atomic mass is 10.2. The molecule has 0 unspecified atom stereocenters. The van der Waals surface area contributed by atoms with Crippen molar-refractivity contribution in [1.82, 2.24) is 4.98 Å². The Labute approximate surface area is 146 Å². The molecule has 0 bridgehead atoms. The Morgan fingerprint density at radius 2 is 1.83 bits per heavy atom. The van der Waals surface area contributed by atoms with Crippen LogP contribution in [0.5, 0.6) is 11.5 Å². The number of para-hydroxylation sites is 2. The summed E-state index contributed by atoms with van der Waals surface area (Å²) < 4.78 is 20.6. The van der Waals surface area contributed by atoms with E-state index >= 15 is 0 Å². The standard InChI is InChI=1S/C18H12BrFN2O2/c19-12-9-10-15(21-11-12)18(23)22-17-14(20)7-4-8-16(17)24-13-5-2-1-3-6-13/h1-11H,(H,22,23). The van der Waals surface area contributed by atoms with E-state index in [0.29, 0.717) is 5.75 Å². The zero-order valence-corrected chi connectivity index (χ0v) is 14.0. The third-order valence-electron chi connectivity index (χ3n) is 3.14. The number of anilines is 1. The van der Waals surface area contributed by atoms with Gasteiger partial charge in [0.2, 0.25) is 0 Å². The number of carbonyl (C=O) groups excluding carboxylic acids is 1. The number of carbonyl (C=O) groups is 1. The smallest absolute Gasteiger partial charge is 0.274 e. The maximum absolute atomic E-state index is 14.2. The average Bonchev–Trinajstić information content (AvgIpc) is 2.59. The van der Waals surface area contributed by atoms with E-state index < -0.39 is 11.7 Å². The van der Waals surface area contributed by atoms with Crippen molar-refractivity contribution in [1.29, 1.82) is 0 Å². The summed E-state index contributed by atoms with van der Waals surface area (Å²) in [4.78, 5) is 16.3. The Balaban J connectivity index is 1.87. The minimum absolute atomic E-state index is 0.0314. The molecular formula is C18H12BrFN2O2. The second-order valence-corrected chi connectivity index (χ2v) is 5.76. The van der Waals surface area contributed by atoms with Crippen LogP contribution in [0.1, 0.15) is 10.5 Å². The summed E-state index contributed by atoms with van der Waals surface area (Å²) in [6.07, 6.45) is 1.50. The zero-order valence-electron chi connectivity index (χ0n) is 12.4. The predicted molar refractivity (Wildman–Crippen MR) is 92.8 cm³/mol. The van der Waals surface area contributed by atoms with Crippen LogP contribution in [0.25, 0.3) is 0 Å². The van der Waals surface area contributed by atoms with Crippen LogP contribution < -0.4 is 10.1 Å². The highest BCUT2D eigenvalue weighted by Gasteiger charge is 2.15. The van der Waals surface area contributed by atoms with Gasteiger partial charge in [0.1, 0.15) is 17.1 Å². The predicted octanol–water partition coefficient (Wildman–Crippen LogP) is 5.03. The normalized spacial score (nSPS) is 10.2. The Bertz CT molecular complexity index is 855. The third-order valence-corrected chi connectivity index (χ3v) is 3.61. The first-order valence-corrected chi connectivity index (χ1v) is 7.87. The molecule has 0 saturated carbocycles. The summed E-state index contributed by atoms with van der Waals surface area (Å²) in [7, 11) is 0. The number of aromatic nitrogens is 1. The summed E-state index contributed by atoms with van der Waals surface area (Å²) in [5.41, 5.74) is 0.142. The largest absolute Gasteiger partial charge is 0.455 e. The van der Waals surface area contributed by atoms with Crippen LogP contribution in [0.2, 0.25) is 0 Å². The molecule has 0 aliphatic rings. The van der Waals surface area contributed by atoms with Gasteiger partial charge in [0.05, 0.1) is 0 Å². The molecule has 24 heavy (non-hydrogen) atoms. The molecule has 0 saturated heterocycles. The molecule has 0 aliphatic heterocycles. The first-order chi connectivity index (χ1) is 11.6. The monoisotopic (exact) mass is 386 g/mol. The van der Waals surface area contributed by atoms with Crippen molar-refractivity contribution >= 4 is 27.5 Å². The van der Waals surface area contributed by atoms with Crippen LogP contribution >= 0.6 is 15.9 Å². The van der Waals surface area contributed by atoms with Gasteiger partial charge in [-0.05, 0) is 52.3 Å². The van der Waals surface area contributed by atoms with Crippen LogP contribution in [0.3, 0.4) is 0 Å². The minimum Gasteiger partial charge on any atom is -0.455 e. The topological polar surface area (TPSA) is 51.2 Å². The number of pyridine rings is 1. The number of hydrogen-bond acceptors (Lipinski definition) is 3. The van der Waals surface area contributed by atoms with Gasteiger partial charge in [-0.15, -0.1) is 0 Å². The molecule has 2 aromatic carbocycles. The maximum Gasteiger partial charge on any atom is 0.274 e. The SMILES string of the molecule is O=C(Nc1c(F)cccc1Oc1ccccc1)c1ccc(Br)cn1. The highest BCUT2D eigenvalue weighted by Crippen LogP contribution is 2.31. The molecular weight excluding hydrogens is 375 g/mol. The van der Waals surface area contributed by atoms with Crippen LogP contribution in [0, 0.1) is 5.82 Å². The van der Waals surface area contributed by atoms with Gasteiger partial charge < -0.3 is 10.1 Å². The molecule has 4 nitrogen and oxygen atoms in total. The van der Waals surface area contributed by atoms with Crippen molar-refractivity contribution in [2.75, 3.05) is 5.32 Å². The summed E-state index contributed by atoms with van der Waals surface area (Å²) >= 11 is 3.25. The number of ether oxygens (including phenoxy) is 1. The molecule has 120 valence electrons. The first kappa shape index (κ1) is 16.1. The molecule has 1 amide bonds. The highest BCUT2D eigenvalue weighted by atomic mass is 79.9. The van der Waals surface area contributed by atoms with E-state index in [1.807, 2.05) is 6.07 Å². The summed E-state index contributed by atoms with van der Waals surface area (Å²) in [5, 5.41) is 2.52. The first-order valence-electron chi connectivity index (χ1n) is 7.08. The molecule has 6 heteroatoms. The van der Waals surface area contributed by atoms with E-state index in [2.05, 4.69) is 26.2 Å². The fraction of sp³-hybridized carbons (Fsp3) is 0. The molecule has 0 fully saturated rings. The molecule has 3 rings (SSSR count). The molecule has 1 aromatic heterocycles. The Morgan fingerprint density at radius 1 is 1.04 bits per heavy atom. The molecule has 1 N–H and O–H groups in total. The van der Waals surface area contributed by atoms with Gasteiger partial charge in [0.15, 0.2) is 11.6 Å². The summed E-state index contributed by atoms with van der Waals surface area (Å²) in [6.45, 7) is 0. The number of nitrogens with zero attached hydrogens (tertiary/aromatic N) is 1. The number of amides is 1. The number of benzene rings is 2. The molecule has 1 heterocycles. The highest BCUT2D eigenvalue weighted by molar-refractivity contribution is 9.10. The Morgan fingerprint density at radius 3 is 2.54 bits per heavy atom. The van der Waals surface area contributed by atoms with Gasteiger partial charge in [0, 0.05) is 10.7 Å². The van der Waals surface area contributed by atoms with Gasteiger partial charge in [-0.2, -0.15) is 0 Å². The van der Waals surface area contributed by atoms with Gasteiger partial charge in [0.25, 0.3) is 5.91 Å². The van der Waals surface area contributed by atoms with Crippen LogP contribution in [-0.2, 0) is 0 Å². The molecule has 0 aliphatic carbocycles. The van der Waals surface area contributed by atoms with Gasteiger partial charge in [-0.1, -0.05) is 24.3 Å². The lowest BCUT2D eigenvalue weighted by Gasteiger charge is -2.13. The fourth-order valence-electron chi connectivity index (χ4n) is 2.01. The van der Waals surface area contributed by atoms with Crippen molar-refractivity contribution in [2.24, 2.45) is 0 Å². The van der Waals surface area contributed by atoms with E-state index in [-0.39, 0.29) is 17.1 Å². The Hall–Kier alpha value is -2.73. The van der Waals surface area contributed by atoms with E-state index in [4.69, 9.17) is 4.74 Å².